The summed E-state index contributed by atoms with van der Waals surface area (Å²) in [6.07, 6.45) is 0. The van der Waals surface area contributed by atoms with Gasteiger partial charge in [-0.1, -0.05) is 164 Å². The van der Waals surface area contributed by atoms with Gasteiger partial charge in [0.25, 0.3) is 0 Å². The highest BCUT2D eigenvalue weighted by molar-refractivity contribution is 6.24. The Morgan fingerprint density at radius 1 is 0.383 bits per heavy atom. The highest BCUT2D eigenvalue weighted by Gasteiger charge is 2.19. The van der Waals surface area contributed by atoms with Gasteiger partial charge in [-0.05, 0) is 77.0 Å². The summed E-state index contributed by atoms with van der Waals surface area (Å²) in [5.41, 5.74) is 5.04. The van der Waals surface area contributed by atoms with E-state index in [0.29, 0.717) is 22.3 Å². The Bertz CT molecular complexity index is 3210. The Morgan fingerprint density at radius 3 is 1.64 bits per heavy atom. The van der Waals surface area contributed by atoms with Crippen LogP contribution in [0.4, 0.5) is 0 Å². The first-order valence-corrected chi connectivity index (χ1v) is 15.5. The number of hydrogen-bond acceptors (Lipinski definition) is 1. The summed E-state index contributed by atoms with van der Waals surface area (Å²) in [7, 11) is 0. The van der Waals surface area contributed by atoms with Crippen LogP contribution in [0.25, 0.3) is 98.4 Å². The minimum Gasteiger partial charge on any atom is -0.455 e. The summed E-state index contributed by atoms with van der Waals surface area (Å²) < 4.78 is 78.8. The molecule has 1 aromatic heterocycles. The fourth-order valence-corrected chi connectivity index (χ4v) is 7.24. The summed E-state index contributed by atoms with van der Waals surface area (Å²) in [4.78, 5) is 0. The van der Waals surface area contributed by atoms with E-state index in [9.17, 15) is 5.48 Å². The molecule has 0 atom stereocenters. The van der Waals surface area contributed by atoms with Crippen molar-refractivity contribution >= 4 is 65.0 Å². The highest BCUT2D eigenvalue weighted by atomic mass is 16.3. The van der Waals surface area contributed by atoms with E-state index in [2.05, 4.69) is 24.3 Å². The van der Waals surface area contributed by atoms with Crippen LogP contribution in [0, 0.1) is 0 Å². The Labute approximate surface area is 283 Å². The van der Waals surface area contributed by atoms with Gasteiger partial charge in [0.05, 0.1) is 11.0 Å². The third kappa shape index (κ3) is 3.90. The first-order valence-electron chi connectivity index (χ1n) is 19.5. The van der Waals surface area contributed by atoms with E-state index < -0.39 is 24.2 Å². The van der Waals surface area contributed by atoms with E-state index in [1.54, 1.807) is 0 Å². The molecule has 0 radical (unpaired) electrons. The SMILES string of the molecule is [2H]c1c([2H])c([2H])c2c(-c3cccc4ccccc34)c3c([2H])c([2H])c([2H])c([2H])c3c(-c3ccc(-c4cccc5c4oc4ccc6ccccc6c45)cc3)c2c1[2H]. The second-order valence-corrected chi connectivity index (χ2v) is 11.8. The summed E-state index contributed by atoms with van der Waals surface area (Å²) in [6.45, 7) is 0. The Morgan fingerprint density at radius 2 is 0.915 bits per heavy atom. The van der Waals surface area contributed by atoms with E-state index in [0.717, 1.165) is 54.6 Å². The molecular formula is C46H28O. The number of furan rings is 1. The Kier molecular flexibility index (Phi) is 4.19. The van der Waals surface area contributed by atoms with Crippen molar-refractivity contribution in [2.75, 3.05) is 0 Å². The normalized spacial score (nSPS) is 14.2. The Hall–Kier alpha value is -6.18. The minimum atomic E-state index is -0.427. The lowest BCUT2D eigenvalue weighted by Gasteiger charge is -2.19. The second-order valence-electron chi connectivity index (χ2n) is 11.8. The molecule has 0 N–H and O–H groups in total. The monoisotopic (exact) mass is 604 g/mol. The van der Waals surface area contributed by atoms with Crippen molar-refractivity contribution in [2.24, 2.45) is 0 Å². The summed E-state index contributed by atoms with van der Waals surface area (Å²) in [5.74, 6) is 0. The van der Waals surface area contributed by atoms with E-state index in [1.165, 1.54) is 0 Å². The van der Waals surface area contributed by atoms with E-state index >= 15 is 0 Å². The smallest absolute Gasteiger partial charge is 0.143 e. The fourth-order valence-electron chi connectivity index (χ4n) is 7.24. The fraction of sp³-hybridized carbons (Fsp3) is 0. The van der Waals surface area contributed by atoms with Crippen LogP contribution < -0.4 is 0 Å². The van der Waals surface area contributed by atoms with Gasteiger partial charge in [-0.25, -0.2) is 0 Å². The van der Waals surface area contributed by atoms with Crippen LogP contribution in [0.1, 0.15) is 11.0 Å². The topological polar surface area (TPSA) is 13.1 Å². The molecule has 0 saturated heterocycles. The number of fused-ring (bicyclic) bond motifs is 8. The van der Waals surface area contributed by atoms with Crippen LogP contribution in [0.5, 0.6) is 0 Å². The lowest BCUT2D eigenvalue weighted by molar-refractivity contribution is 0.670. The summed E-state index contributed by atoms with van der Waals surface area (Å²) in [5, 5.41) is 6.68. The molecule has 1 heteroatoms. The average molecular weight is 605 g/mol. The van der Waals surface area contributed by atoms with Crippen LogP contribution in [-0.2, 0) is 0 Å². The lowest BCUT2D eigenvalue weighted by atomic mass is 9.84. The number of benzene rings is 9. The zero-order valence-electron chi connectivity index (χ0n) is 33.0. The van der Waals surface area contributed by atoms with E-state index in [4.69, 9.17) is 9.90 Å². The number of para-hydroxylation sites is 1. The number of rotatable bonds is 3. The molecule has 0 aliphatic carbocycles. The minimum absolute atomic E-state index is 0.186. The van der Waals surface area contributed by atoms with Crippen molar-refractivity contribution in [2.45, 2.75) is 0 Å². The van der Waals surface area contributed by atoms with Crippen LogP contribution in [0.15, 0.2) is 174 Å². The van der Waals surface area contributed by atoms with Crippen molar-refractivity contribution in [1.82, 2.24) is 0 Å². The zero-order valence-corrected chi connectivity index (χ0v) is 25.0. The van der Waals surface area contributed by atoms with Crippen molar-refractivity contribution < 1.29 is 15.4 Å². The van der Waals surface area contributed by atoms with Gasteiger partial charge in [0, 0.05) is 16.3 Å². The molecule has 10 rings (SSSR count). The molecule has 218 valence electrons. The molecule has 1 heterocycles. The molecule has 0 bridgehead atoms. The van der Waals surface area contributed by atoms with Crippen molar-refractivity contribution in [3.63, 3.8) is 0 Å². The van der Waals surface area contributed by atoms with Crippen molar-refractivity contribution in [3.8, 4) is 33.4 Å². The molecule has 0 aliphatic heterocycles. The van der Waals surface area contributed by atoms with Gasteiger partial charge in [-0.15, -0.1) is 0 Å². The van der Waals surface area contributed by atoms with Gasteiger partial charge in [-0.3, -0.25) is 0 Å². The molecule has 47 heavy (non-hydrogen) atoms. The van der Waals surface area contributed by atoms with Crippen molar-refractivity contribution in [3.05, 3.63) is 170 Å². The Balaban J connectivity index is 1.30. The molecule has 0 unspecified atom stereocenters. The van der Waals surface area contributed by atoms with Gasteiger partial charge in [0.2, 0.25) is 0 Å². The molecule has 0 aliphatic rings. The maximum Gasteiger partial charge on any atom is 0.143 e. The van der Waals surface area contributed by atoms with Crippen LogP contribution in [-0.4, -0.2) is 0 Å². The molecule has 9 aromatic carbocycles. The van der Waals surface area contributed by atoms with Gasteiger partial charge >= 0.3 is 0 Å². The first kappa shape index (κ1) is 19.4. The number of hydrogen-bond donors (Lipinski definition) is 0. The maximum atomic E-state index is 9.32. The molecule has 0 amide bonds. The van der Waals surface area contributed by atoms with Crippen LogP contribution in [0.2, 0.25) is 0 Å². The van der Waals surface area contributed by atoms with Gasteiger partial charge in [0.15, 0.2) is 0 Å². The van der Waals surface area contributed by atoms with E-state index in [1.807, 2.05) is 97.1 Å². The molecular weight excluding hydrogens is 569 g/mol. The third-order valence-corrected chi connectivity index (χ3v) is 9.31. The summed E-state index contributed by atoms with van der Waals surface area (Å²) >= 11 is 0. The summed E-state index contributed by atoms with van der Waals surface area (Å²) in [6, 6.07) is 36.3. The quantitative estimate of drug-likeness (QED) is 0.183. The largest absolute Gasteiger partial charge is 0.455 e. The van der Waals surface area contributed by atoms with Crippen LogP contribution in [0.3, 0.4) is 0 Å². The molecule has 0 saturated carbocycles. The van der Waals surface area contributed by atoms with Gasteiger partial charge in [0.1, 0.15) is 11.2 Å². The van der Waals surface area contributed by atoms with Gasteiger partial charge < -0.3 is 4.42 Å². The van der Waals surface area contributed by atoms with Crippen molar-refractivity contribution in [1.29, 1.82) is 0 Å². The predicted molar refractivity (Wildman–Crippen MR) is 200 cm³/mol. The predicted octanol–water partition coefficient (Wildman–Crippen LogP) is 13.2. The first-order chi connectivity index (χ1) is 26.7. The maximum absolute atomic E-state index is 9.32. The van der Waals surface area contributed by atoms with E-state index in [-0.39, 0.29) is 45.7 Å². The third-order valence-electron chi connectivity index (χ3n) is 9.31. The molecule has 0 fully saturated rings. The standard InChI is InChI=1S/C46H28O/c1-3-14-33-29(11-1)13-9-21-36(33)44-39-18-7-5-16-37(39)43(38-17-6-8-19-40(38)44)32-25-23-31(24-26-32)35-20-10-22-41-45-34-15-4-2-12-30(34)27-28-42(45)47-46(35)41/h1-28H/i5D,6D,7D,8D,16D,17D,18D,19D. The van der Waals surface area contributed by atoms with Crippen LogP contribution >= 0.6 is 0 Å². The van der Waals surface area contributed by atoms with Gasteiger partial charge in [-0.2, -0.15) is 0 Å². The molecule has 0 spiro atoms. The highest BCUT2D eigenvalue weighted by Crippen LogP contribution is 2.46. The second kappa shape index (κ2) is 10.2. The molecule has 1 nitrogen and oxygen atoms in total. The zero-order chi connectivity index (χ0) is 37.9. The molecule has 10 aromatic rings. The average Bonchev–Trinajstić information content (AvgIpc) is 3.62. The lowest BCUT2D eigenvalue weighted by Crippen LogP contribution is -1.91.